The molecule has 1 amide bonds. The summed E-state index contributed by atoms with van der Waals surface area (Å²) >= 11 is 0. The number of nitrogens with zero attached hydrogens (tertiary/aromatic N) is 2. The molecule has 1 N–H and O–H groups in total. The summed E-state index contributed by atoms with van der Waals surface area (Å²) in [7, 11) is 0. The zero-order valence-corrected chi connectivity index (χ0v) is 13.7. The first-order valence-electron chi connectivity index (χ1n) is 7.94. The van der Waals surface area contributed by atoms with E-state index in [1.165, 1.54) is 4.68 Å². The van der Waals surface area contributed by atoms with Crippen LogP contribution in [0.25, 0.3) is 10.9 Å². The normalized spacial score (nSPS) is 10.9. The molecule has 0 fully saturated rings. The number of carbonyl (C=O) groups is 2. The lowest BCUT2D eigenvalue weighted by atomic mass is 10.2. The predicted molar refractivity (Wildman–Crippen MR) is 88.5 cm³/mol. The van der Waals surface area contributed by atoms with Crippen molar-refractivity contribution in [1.29, 1.82) is 0 Å². The third-order valence-corrected chi connectivity index (χ3v) is 3.52. The number of hydrogen-bond acceptors (Lipinski definition) is 4. The zero-order chi connectivity index (χ0) is 16.7. The van der Waals surface area contributed by atoms with Gasteiger partial charge in [-0.05, 0) is 32.4 Å². The average molecular weight is 317 g/mol. The first kappa shape index (κ1) is 17.1. The molecule has 0 radical (unpaired) electrons. The van der Waals surface area contributed by atoms with E-state index in [4.69, 9.17) is 4.74 Å². The van der Waals surface area contributed by atoms with Crippen molar-refractivity contribution >= 4 is 22.7 Å². The second-order valence-corrected chi connectivity index (χ2v) is 5.41. The van der Waals surface area contributed by atoms with Crippen LogP contribution >= 0.6 is 0 Å². The topological polar surface area (TPSA) is 73.2 Å². The monoisotopic (exact) mass is 317 g/mol. The summed E-state index contributed by atoms with van der Waals surface area (Å²) in [5.74, 6) is -0.296. The van der Waals surface area contributed by atoms with Crippen molar-refractivity contribution in [3.63, 3.8) is 0 Å². The summed E-state index contributed by atoms with van der Waals surface area (Å²) in [4.78, 5) is 23.9. The molecular weight excluding hydrogens is 294 g/mol. The molecule has 0 saturated carbocycles. The number of rotatable bonds is 8. The van der Waals surface area contributed by atoms with Gasteiger partial charge in [-0.1, -0.05) is 11.6 Å². The van der Waals surface area contributed by atoms with Crippen LogP contribution in [0.2, 0.25) is 0 Å². The fraction of sp³-hybridized carbons (Fsp3) is 0.471. The Morgan fingerprint density at radius 2 is 2.13 bits per heavy atom. The van der Waals surface area contributed by atoms with Crippen LogP contribution in [0, 0.1) is 6.92 Å². The van der Waals surface area contributed by atoms with Gasteiger partial charge >= 0.3 is 0 Å². The smallest absolute Gasteiger partial charge is 0.247 e. The number of ether oxygens (including phenoxy) is 1. The third kappa shape index (κ3) is 4.89. The zero-order valence-electron chi connectivity index (χ0n) is 13.7. The number of aryl methyl sites for hydroxylation is 1. The fourth-order valence-electron chi connectivity index (χ4n) is 2.31. The molecule has 0 bridgehead atoms. The number of benzene rings is 1. The third-order valence-electron chi connectivity index (χ3n) is 3.52. The Labute approximate surface area is 135 Å². The highest BCUT2D eigenvalue weighted by Crippen LogP contribution is 2.15. The molecule has 124 valence electrons. The van der Waals surface area contributed by atoms with E-state index < -0.39 is 0 Å². The summed E-state index contributed by atoms with van der Waals surface area (Å²) < 4.78 is 6.57. The van der Waals surface area contributed by atoms with Gasteiger partial charge in [0.1, 0.15) is 0 Å². The second-order valence-electron chi connectivity index (χ2n) is 5.41. The van der Waals surface area contributed by atoms with Crippen molar-refractivity contribution in [2.24, 2.45) is 0 Å². The quantitative estimate of drug-likeness (QED) is 0.758. The van der Waals surface area contributed by atoms with Crippen LogP contribution in [-0.2, 0) is 9.53 Å². The molecule has 0 unspecified atom stereocenters. The number of amides is 1. The first-order valence-corrected chi connectivity index (χ1v) is 7.94. The lowest BCUT2D eigenvalue weighted by molar-refractivity contribution is -0.121. The van der Waals surface area contributed by atoms with E-state index in [0.29, 0.717) is 19.8 Å². The first-order chi connectivity index (χ1) is 11.1. The van der Waals surface area contributed by atoms with Crippen molar-refractivity contribution in [2.45, 2.75) is 33.1 Å². The average Bonchev–Trinajstić information content (AvgIpc) is 2.95. The molecule has 0 aliphatic rings. The van der Waals surface area contributed by atoms with Crippen LogP contribution in [0.5, 0.6) is 0 Å². The van der Waals surface area contributed by atoms with E-state index in [-0.39, 0.29) is 24.7 Å². The van der Waals surface area contributed by atoms with E-state index in [9.17, 15) is 9.59 Å². The lowest BCUT2D eigenvalue weighted by Crippen LogP contribution is -2.26. The van der Waals surface area contributed by atoms with Crippen LogP contribution in [0.1, 0.15) is 36.5 Å². The van der Waals surface area contributed by atoms with Crippen molar-refractivity contribution in [3.8, 4) is 0 Å². The van der Waals surface area contributed by atoms with Gasteiger partial charge < -0.3 is 10.1 Å². The molecule has 23 heavy (non-hydrogen) atoms. The summed E-state index contributed by atoms with van der Waals surface area (Å²) in [6, 6.07) is 5.80. The van der Waals surface area contributed by atoms with Gasteiger partial charge in [-0.25, -0.2) is 4.68 Å². The summed E-state index contributed by atoms with van der Waals surface area (Å²) in [5.41, 5.74) is 1.90. The van der Waals surface area contributed by atoms with Gasteiger partial charge in [0.15, 0.2) is 0 Å². The fourth-order valence-corrected chi connectivity index (χ4v) is 2.31. The molecule has 1 heterocycles. The van der Waals surface area contributed by atoms with Gasteiger partial charge in [-0.3, -0.25) is 9.59 Å². The molecule has 1 aromatic heterocycles. The Bertz CT molecular complexity index is 679. The molecule has 6 heteroatoms. The van der Waals surface area contributed by atoms with Crippen molar-refractivity contribution in [3.05, 3.63) is 30.0 Å². The molecule has 0 aliphatic heterocycles. The highest BCUT2D eigenvalue weighted by molar-refractivity contribution is 5.92. The van der Waals surface area contributed by atoms with Gasteiger partial charge in [0.25, 0.3) is 0 Å². The number of carbonyl (C=O) groups excluding carboxylic acids is 2. The minimum absolute atomic E-state index is 0.123. The van der Waals surface area contributed by atoms with Crippen LogP contribution < -0.4 is 5.32 Å². The van der Waals surface area contributed by atoms with Crippen LogP contribution in [0.15, 0.2) is 24.4 Å². The highest BCUT2D eigenvalue weighted by Gasteiger charge is 2.12. The van der Waals surface area contributed by atoms with Gasteiger partial charge in [-0.15, -0.1) is 0 Å². The minimum atomic E-state index is -0.173. The maximum absolute atomic E-state index is 12.2. The Hall–Kier alpha value is -2.21. The van der Waals surface area contributed by atoms with Gasteiger partial charge in [0, 0.05) is 38.0 Å². The largest absolute Gasteiger partial charge is 0.382 e. The van der Waals surface area contributed by atoms with E-state index in [0.717, 1.165) is 22.9 Å². The van der Waals surface area contributed by atoms with E-state index in [1.807, 2.05) is 32.0 Å². The van der Waals surface area contributed by atoms with Gasteiger partial charge in [0.2, 0.25) is 11.8 Å². The molecule has 6 nitrogen and oxygen atoms in total. The minimum Gasteiger partial charge on any atom is -0.382 e. The molecule has 1 aromatic carbocycles. The number of nitrogens with one attached hydrogen (secondary N) is 1. The SMILES string of the molecule is CCOCCCNC(=O)CCC(=O)n1ncc2cc(C)ccc21. The molecule has 0 spiro atoms. The molecule has 0 saturated heterocycles. The Morgan fingerprint density at radius 3 is 2.91 bits per heavy atom. The van der Waals surface area contributed by atoms with Crippen LogP contribution in [-0.4, -0.2) is 41.4 Å². The maximum Gasteiger partial charge on any atom is 0.247 e. The number of aromatic nitrogens is 2. The standard InChI is InChI=1S/C17H23N3O3/c1-3-23-10-4-9-18-16(21)7-8-17(22)20-15-6-5-13(2)11-14(15)12-19-20/h5-6,11-12H,3-4,7-10H2,1-2H3,(H,18,21). The van der Waals surface area contributed by atoms with Crippen molar-refractivity contribution in [2.75, 3.05) is 19.8 Å². The van der Waals surface area contributed by atoms with E-state index >= 15 is 0 Å². The number of hydrogen-bond donors (Lipinski definition) is 1. The predicted octanol–water partition coefficient (Wildman–Crippen LogP) is 2.31. The van der Waals surface area contributed by atoms with Crippen molar-refractivity contribution < 1.29 is 14.3 Å². The van der Waals surface area contributed by atoms with E-state index in [1.54, 1.807) is 6.20 Å². The summed E-state index contributed by atoms with van der Waals surface area (Å²) in [6.07, 6.45) is 2.76. The Balaban J connectivity index is 1.81. The summed E-state index contributed by atoms with van der Waals surface area (Å²) in [5, 5.41) is 7.84. The molecule has 2 rings (SSSR count). The highest BCUT2D eigenvalue weighted by atomic mass is 16.5. The maximum atomic E-state index is 12.2. The lowest BCUT2D eigenvalue weighted by Gasteiger charge is -2.06. The summed E-state index contributed by atoms with van der Waals surface area (Å²) in [6.45, 7) is 5.81. The van der Waals surface area contributed by atoms with E-state index in [2.05, 4.69) is 10.4 Å². The Kier molecular flexibility index (Phi) is 6.29. The van der Waals surface area contributed by atoms with Crippen LogP contribution in [0.3, 0.4) is 0 Å². The van der Waals surface area contributed by atoms with Gasteiger partial charge in [-0.2, -0.15) is 5.10 Å². The molecule has 2 aromatic rings. The van der Waals surface area contributed by atoms with Crippen molar-refractivity contribution in [1.82, 2.24) is 15.1 Å². The number of fused-ring (bicyclic) bond motifs is 1. The second kappa shape index (κ2) is 8.43. The molecule has 0 aliphatic carbocycles. The van der Waals surface area contributed by atoms with Crippen LogP contribution in [0.4, 0.5) is 0 Å². The molecular formula is C17H23N3O3. The molecule has 0 atom stereocenters. The van der Waals surface area contributed by atoms with Gasteiger partial charge in [0.05, 0.1) is 11.7 Å². The Morgan fingerprint density at radius 1 is 1.30 bits per heavy atom.